The Morgan fingerprint density at radius 2 is 1.65 bits per heavy atom. The van der Waals surface area contributed by atoms with E-state index in [1.165, 1.54) is 16.4 Å². The zero-order valence-electron chi connectivity index (χ0n) is 15.2. The van der Waals surface area contributed by atoms with Gasteiger partial charge in [-0.15, -0.1) is 0 Å². The van der Waals surface area contributed by atoms with Crippen LogP contribution in [0.2, 0.25) is 10.0 Å². The van der Waals surface area contributed by atoms with Gasteiger partial charge in [-0.2, -0.15) is 4.31 Å². The summed E-state index contributed by atoms with van der Waals surface area (Å²) >= 11 is 12.1. The minimum absolute atomic E-state index is 0.0448. The maximum Gasteiger partial charge on any atom is 0.246 e. The Kier molecular flexibility index (Phi) is 7.33. The number of halogens is 2. The lowest BCUT2D eigenvalue weighted by molar-refractivity contribution is -0.123. The van der Waals surface area contributed by atoms with Crippen molar-refractivity contribution in [2.75, 3.05) is 32.7 Å². The number of benzene rings is 1. The Morgan fingerprint density at radius 3 is 2.15 bits per heavy atom. The molecule has 1 N–H and O–H groups in total. The van der Waals surface area contributed by atoms with Crippen molar-refractivity contribution >= 4 is 39.1 Å². The van der Waals surface area contributed by atoms with Gasteiger partial charge in [0.25, 0.3) is 0 Å². The topological polar surface area (TPSA) is 69.7 Å². The molecule has 0 unspecified atom stereocenters. The molecule has 146 valence electrons. The molecule has 0 aromatic heterocycles. The van der Waals surface area contributed by atoms with Crippen LogP contribution in [0.5, 0.6) is 0 Å². The Bertz CT molecular complexity index is 727. The minimum atomic E-state index is -3.76. The number of nitrogens with zero attached hydrogens (tertiary/aromatic N) is 2. The summed E-state index contributed by atoms with van der Waals surface area (Å²) in [6, 6.07) is 4.73. The predicted molar refractivity (Wildman–Crippen MR) is 104 cm³/mol. The SMILES string of the molecule is CC(C)[C@@H](C)NC(=O)CN1CCN(S(=O)(=O)c2c(Cl)cccc2Cl)CC1. The molecule has 1 aromatic carbocycles. The van der Waals surface area contributed by atoms with Crippen molar-refractivity contribution in [1.82, 2.24) is 14.5 Å². The molecular weight excluding hydrogens is 397 g/mol. The zero-order chi connectivity index (χ0) is 19.5. The van der Waals surface area contributed by atoms with E-state index in [2.05, 4.69) is 19.2 Å². The van der Waals surface area contributed by atoms with Crippen molar-refractivity contribution in [2.24, 2.45) is 5.92 Å². The van der Waals surface area contributed by atoms with Gasteiger partial charge in [-0.05, 0) is 25.0 Å². The number of hydrogen-bond acceptors (Lipinski definition) is 4. The first-order valence-corrected chi connectivity index (χ1v) is 10.8. The van der Waals surface area contributed by atoms with Crippen LogP contribution >= 0.6 is 23.2 Å². The molecule has 0 bridgehead atoms. The molecule has 26 heavy (non-hydrogen) atoms. The van der Waals surface area contributed by atoms with Crippen LogP contribution in [0.1, 0.15) is 20.8 Å². The van der Waals surface area contributed by atoms with Crippen molar-refractivity contribution in [3.63, 3.8) is 0 Å². The first kappa shape index (κ1) is 21.4. The van der Waals surface area contributed by atoms with Crippen LogP contribution in [0.25, 0.3) is 0 Å². The number of hydrogen-bond donors (Lipinski definition) is 1. The Morgan fingerprint density at radius 1 is 1.12 bits per heavy atom. The summed E-state index contributed by atoms with van der Waals surface area (Å²) in [7, 11) is -3.76. The standard InChI is InChI=1S/C17H25Cl2N3O3S/c1-12(2)13(3)20-16(23)11-21-7-9-22(10-8-21)26(24,25)17-14(18)5-4-6-15(17)19/h4-6,12-13H,7-11H2,1-3H3,(H,20,23)/t13-/m1/s1. The van der Waals surface area contributed by atoms with Crippen LogP contribution in [-0.4, -0.2) is 62.3 Å². The maximum absolute atomic E-state index is 12.8. The van der Waals surface area contributed by atoms with E-state index in [1.807, 2.05) is 11.8 Å². The molecule has 2 rings (SSSR count). The van der Waals surface area contributed by atoms with Gasteiger partial charge < -0.3 is 5.32 Å². The Labute approximate surface area is 165 Å². The highest BCUT2D eigenvalue weighted by molar-refractivity contribution is 7.89. The molecule has 1 heterocycles. The van der Waals surface area contributed by atoms with Crippen LogP contribution < -0.4 is 5.32 Å². The van der Waals surface area contributed by atoms with Crippen LogP contribution in [0.3, 0.4) is 0 Å². The van der Waals surface area contributed by atoms with Gasteiger partial charge >= 0.3 is 0 Å². The zero-order valence-corrected chi connectivity index (χ0v) is 17.5. The van der Waals surface area contributed by atoms with Gasteiger partial charge in [0, 0.05) is 32.2 Å². The fourth-order valence-electron chi connectivity index (χ4n) is 2.66. The number of amides is 1. The van der Waals surface area contributed by atoms with Gasteiger partial charge in [0.05, 0.1) is 16.6 Å². The van der Waals surface area contributed by atoms with Crippen molar-refractivity contribution in [3.8, 4) is 0 Å². The number of carbonyl (C=O) groups is 1. The van der Waals surface area contributed by atoms with E-state index in [4.69, 9.17) is 23.2 Å². The largest absolute Gasteiger partial charge is 0.352 e. The van der Waals surface area contributed by atoms with Crippen molar-refractivity contribution in [1.29, 1.82) is 0 Å². The van der Waals surface area contributed by atoms with Gasteiger partial charge in [0.2, 0.25) is 15.9 Å². The molecule has 1 atom stereocenters. The van der Waals surface area contributed by atoms with Crippen LogP contribution in [0.15, 0.2) is 23.1 Å². The van der Waals surface area contributed by atoms with Gasteiger partial charge in [-0.3, -0.25) is 9.69 Å². The number of sulfonamides is 1. The molecule has 6 nitrogen and oxygen atoms in total. The molecule has 9 heteroatoms. The molecule has 1 saturated heterocycles. The Hall–Kier alpha value is -0.860. The summed E-state index contributed by atoms with van der Waals surface area (Å²) in [6.07, 6.45) is 0. The lowest BCUT2D eigenvalue weighted by atomic mass is 10.1. The molecule has 0 radical (unpaired) electrons. The van der Waals surface area contributed by atoms with Gasteiger partial charge in [-0.25, -0.2) is 8.42 Å². The predicted octanol–water partition coefficient (Wildman–Crippen LogP) is 2.46. The molecule has 0 spiro atoms. The van der Waals surface area contributed by atoms with E-state index in [9.17, 15) is 13.2 Å². The molecule has 1 aliphatic rings. The molecule has 1 aliphatic heterocycles. The molecular formula is C17H25Cl2N3O3S. The van der Waals surface area contributed by atoms with Gasteiger partial charge in [0.15, 0.2) is 0 Å². The highest BCUT2D eigenvalue weighted by atomic mass is 35.5. The molecule has 1 aromatic rings. The highest BCUT2D eigenvalue weighted by Crippen LogP contribution is 2.31. The maximum atomic E-state index is 12.8. The molecule has 1 amide bonds. The van der Waals surface area contributed by atoms with Gasteiger partial charge in [0.1, 0.15) is 4.90 Å². The summed E-state index contributed by atoms with van der Waals surface area (Å²) in [5.74, 6) is 0.318. The monoisotopic (exact) mass is 421 g/mol. The lowest BCUT2D eigenvalue weighted by Gasteiger charge is -2.34. The lowest BCUT2D eigenvalue weighted by Crippen LogP contribution is -2.52. The molecule has 0 saturated carbocycles. The third kappa shape index (κ3) is 5.10. The number of rotatable bonds is 6. The van der Waals surface area contributed by atoms with Crippen molar-refractivity contribution < 1.29 is 13.2 Å². The first-order chi connectivity index (χ1) is 12.1. The molecule has 0 aliphatic carbocycles. The van der Waals surface area contributed by atoms with E-state index in [0.29, 0.717) is 19.0 Å². The number of nitrogens with one attached hydrogen (secondary N) is 1. The van der Waals surface area contributed by atoms with E-state index in [-0.39, 0.29) is 46.5 Å². The summed E-state index contributed by atoms with van der Waals surface area (Å²) in [6.45, 7) is 7.87. The van der Waals surface area contributed by atoms with Gasteiger partial charge in [-0.1, -0.05) is 43.1 Å². The van der Waals surface area contributed by atoms with Crippen molar-refractivity contribution in [3.05, 3.63) is 28.2 Å². The third-order valence-corrected chi connectivity index (χ3v) is 7.46. The van der Waals surface area contributed by atoms with Crippen LogP contribution in [0.4, 0.5) is 0 Å². The second-order valence-corrected chi connectivity index (χ2v) is 9.52. The summed E-state index contributed by atoms with van der Waals surface area (Å²) in [5.41, 5.74) is 0. The average Bonchev–Trinajstić information content (AvgIpc) is 2.54. The second-order valence-electron chi connectivity index (χ2n) is 6.83. The van der Waals surface area contributed by atoms with E-state index in [0.717, 1.165) is 0 Å². The summed E-state index contributed by atoms with van der Waals surface area (Å²) in [4.78, 5) is 14.0. The number of carbonyl (C=O) groups excluding carboxylic acids is 1. The number of piperazine rings is 1. The molecule has 1 fully saturated rings. The summed E-state index contributed by atoms with van der Waals surface area (Å²) in [5, 5.41) is 3.19. The highest BCUT2D eigenvalue weighted by Gasteiger charge is 2.32. The fraction of sp³-hybridized carbons (Fsp3) is 0.588. The second kappa shape index (κ2) is 8.89. The average molecular weight is 422 g/mol. The van der Waals surface area contributed by atoms with Crippen LogP contribution in [-0.2, 0) is 14.8 Å². The minimum Gasteiger partial charge on any atom is -0.352 e. The fourth-order valence-corrected chi connectivity index (χ4v) is 5.17. The first-order valence-electron chi connectivity index (χ1n) is 8.58. The van der Waals surface area contributed by atoms with Crippen molar-refractivity contribution in [2.45, 2.75) is 31.7 Å². The quantitative estimate of drug-likeness (QED) is 0.765. The third-order valence-electron chi connectivity index (χ3n) is 4.60. The Balaban J connectivity index is 1.97. The van der Waals surface area contributed by atoms with Crippen LogP contribution in [0, 0.1) is 5.92 Å². The van der Waals surface area contributed by atoms with E-state index < -0.39 is 10.0 Å². The van der Waals surface area contributed by atoms with E-state index >= 15 is 0 Å². The normalized spacial score (nSPS) is 18.1. The smallest absolute Gasteiger partial charge is 0.246 e. The summed E-state index contributed by atoms with van der Waals surface area (Å²) < 4.78 is 27.0. The van der Waals surface area contributed by atoms with E-state index in [1.54, 1.807) is 6.07 Å².